The van der Waals surface area contributed by atoms with Crippen molar-refractivity contribution in [1.82, 2.24) is 20.3 Å². The zero-order chi connectivity index (χ0) is 27.8. The lowest BCUT2D eigenvalue weighted by molar-refractivity contribution is 0.0350. The first-order chi connectivity index (χ1) is 18.7. The van der Waals surface area contributed by atoms with Gasteiger partial charge in [-0.3, -0.25) is 9.79 Å². The van der Waals surface area contributed by atoms with Gasteiger partial charge in [0.2, 0.25) is 5.95 Å². The van der Waals surface area contributed by atoms with E-state index >= 15 is 0 Å². The number of aromatic nitrogens is 3. The van der Waals surface area contributed by atoms with Crippen molar-refractivity contribution in [3.63, 3.8) is 0 Å². The molecule has 1 aliphatic rings. The summed E-state index contributed by atoms with van der Waals surface area (Å²) in [6, 6.07) is 8.06. The van der Waals surface area contributed by atoms with E-state index in [9.17, 15) is 4.79 Å². The number of thiazole rings is 1. The smallest absolute Gasteiger partial charge is 0.227 e. The first kappa shape index (κ1) is 28.5. The lowest BCUT2D eigenvalue weighted by atomic mass is 9.98. The summed E-state index contributed by atoms with van der Waals surface area (Å²) in [5, 5.41) is 7.40. The van der Waals surface area contributed by atoms with Gasteiger partial charge >= 0.3 is 0 Å². The molecule has 0 radical (unpaired) electrons. The molecule has 1 aromatic carbocycles. The summed E-state index contributed by atoms with van der Waals surface area (Å²) in [5.74, 6) is 0.561. The fourth-order valence-electron chi connectivity index (χ4n) is 4.09. The van der Waals surface area contributed by atoms with Crippen molar-refractivity contribution in [2.45, 2.75) is 52.1 Å². The number of carbonyl (C=O) groups excluding carboxylic acids is 1. The van der Waals surface area contributed by atoms with Crippen LogP contribution in [0.4, 0.5) is 5.95 Å². The molecule has 10 heteroatoms. The summed E-state index contributed by atoms with van der Waals surface area (Å²) in [6.45, 7) is 11.3. The van der Waals surface area contributed by atoms with Crippen LogP contribution in [0, 0.1) is 6.92 Å². The number of carbonyl (C=O) groups is 1. The molecule has 4 rings (SSSR count). The van der Waals surface area contributed by atoms with E-state index in [0.717, 1.165) is 45.4 Å². The third kappa shape index (κ3) is 8.01. The number of hydrogen-bond acceptors (Lipinski definition) is 10. The Bertz CT molecular complexity index is 1340. The molecule has 0 unspecified atom stereocenters. The van der Waals surface area contributed by atoms with E-state index in [1.165, 1.54) is 17.5 Å². The molecule has 0 saturated carbocycles. The molecule has 1 saturated heterocycles. The number of ether oxygens (including phenoxy) is 1. The zero-order valence-corrected chi connectivity index (χ0v) is 23.8. The highest BCUT2D eigenvalue weighted by atomic mass is 32.1. The van der Waals surface area contributed by atoms with Crippen molar-refractivity contribution in [2.75, 3.05) is 31.6 Å². The molecule has 4 N–H and O–H groups in total. The molecule has 1 atom stereocenters. The summed E-state index contributed by atoms with van der Waals surface area (Å²) in [5.41, 5.74) is 10.3. The third-order valence-corrected chi connectivity index (χ3v) is 7.78. The van der Waals surface area contributed by atoms with Gasteiger partial charge < -0.3 is 21.1 Å². The van der Waals surface area contributed by atoms with Crippen molar-refractivity contribution >= 4 is 29.3 Å². The van der Waals surface area contributed by atoms with Crippen LogP contribution in [0.25, 0.3) is 11.3 Å². The van der Waals surface area contributed by atoms with Crippen LogP contribution in [0.5, 0.6) is 0 Å². The number of ketones is 1. The SMILES string of the molecule is Cc1cc(-c2ccnc(NC(C=NC[C@H]3CNCCO3)=CN)n2)ccc1CCC(=O)c1cnc(C(C)(C)C)s1. The van der Waals surface area contributed by atoms with Crippen LogP contribution >= 0.6 is 11.3 Å². The minimum absolute atomic E-state index is 0.0520. The van der Waals surface area contributed by atoms with Crippen LogP contribution in [0.2, 0.25) is 0 Å². The van der Waals surface area contributed by atoms with Crippen LogP contribution in [-0.4, -0.2) is 59.3 Å². The van der Waals surface area contributed by atoms with E-state index in [1.807, 2.05) is 12.1 Å². The number of aliphatic imine (C=N–C) groups is 1. The van der Waals surface area contributed by atoms with Crippen molar-refractivity contribution in [3.05, 3.63) is 69.6 Å². The molecular formula is C29H37N7O2S. The molecule has 3 heterocycles. The molecular weight excluding hydrogens is 510 g/mol. The monoisotopic (exact) mass is 547 g/mol. The van der Waals surface area contributed by atoms with Gasteiger partial charge in [-0.15, -0.1) is 11.3 Å². The van der Waals surface area contributed by atoms with Gasteiger partial charge in [0.15, 0.2) is 5.78 Å². The van der Waals surface area contributed by atoms with E-state index in [0.29, 0.717) is 37.6 Å². The Morgan fingerprint density at radius 2 is 2.15 bits per heavy atom. The number of aryl methyl sites for hydroxylation is 2. The Morgan fingerprint density at radius 3 is 2.85 bits per heavy atom. The van der Waals surface area contributed by atoms with E-state index < -0.39 is 0 Å². The zero-order valence-electron chi connectivity index (χ0n) is 23.0. The summed E-state index contributed by atoms with van der Waals surface area (Å²) < 4.78 is 5.66. The van der Waals surface area contributed by atoms with Gasteiger partial charge in [0.1, 0.15) is 0 Å². The average molecular weight is 548 g/mol. The lowest BCUT2D eigenvalue weighted by Gasteiger charge is -2.21. The van der Waals surface area contributed by atoms with Gasteiger partial charge in [0.05, 0.1) is 40.5 Å². The number of hydrogen-bond donors (Lipinski definition) is 3. The van der Waals surface area contributed by atoms with E-state index in [-0.39, 0.29) is 17.3 Å². The normalized spacial score (nSPS) is 16.5. The maximum Gasteiger partial charge on any atom is 0.227 e. The van der Waals surface area contributed by atoms with Crippen LogP contribution in [0.3, 0.4) is 0 Å². The van der Waals surface area contributed by atoms with Crippen molar-refractivity contribution in [2.24, 2.45) is 10.7 Å². The Hall–Kier alpha value is -3.47. The minimum Gasteiger partial charge on any atom is -0.403 e. The first-order valence-corrected chi connectivity index (χ1v) is 14.0. The molecule has 0 amide bonds. The standard InChI is InChI=1S/C29H37N7O2S/c1-19-13-21(6-5-20(19)7-8-25(37)26-18-34-27(39-26)29(2,3)4)24-9-10-33-28(36-24)35-22(14-30)15-32-17-23-16-31-11-12-38-23/h5-6,9-10,13-15,18,23,31H,7-8,11-12,16-17,30H2,1-4H3,(H,33,35,36)/t23-/m1/s1. The lowest BCUT2D eigenvalue weighted by Crippen LogP contribution is -2.40. The van der Waals surface area contributed by atoms with Crippen molar-refractivity contribution in [3.8, 4) is 11.3 Å². The number of nitrogens with one attached hydrogen (secondary N) is 2. The Morgan fingerprint density at radius 1 is 1.31 bits per heavy atom. The third-order valence-electron chi connectivity index (χ3n) is 6.32. The van der Waals surface area contributed by atoms with Crippen LogP contribution in [0.15, 0.2) is 53.5 Å². The molecule has 0 bridgehead atoms. The summed E-state index contributed by atoms with van der Waals surface area (Å²) in [6.07, 6.45) is 7.72. The Balaban J connectivity index is 1.36. The van der Waals surface area contributed by atoms with Gasteiger partial charge in [-0.1, -0.05) is 32.9 Å². The van der Waals surface area contributed by atoms with Gasteiger partial charge in [0.25, 0.3) is 0 Å². The van der Waals surface area contributed by atoms with Gasteiger partial charge in [0, 0.05) is 55.3 Å². The molecule has 39 heavy (non-hydrogen) atoms. The topological polar surface area (TPSA) is 127 Å². The summed E-state index contributed by atoms with van der Waals surface area (Å²) >= 11 is 1.50. The number of Topliss-reactive ketones (excluding diaryl/α,β-unsaturated/α-hetero) is 1. The number of nitrogens with two attached hydrogens (primary N) is 1. The average Bonchev–Trinajstić information content (AvgIpc) is 3.44. The molecule has 3 aromatic rings. The van der Waals surface area contributed by atoms with E-state index in [2.05, 4.69) is 70.4 Å². The highest BCUT2D eigenvalue weighted by Crippen LogP contribution is 2.28. The maximum atomic E-state index is 12.8. The second kappa shape index (κ2) is 13.1. The van der Waals surface area contributed by atoms with E-state index in [4.69, 9.17) is 10.5 Å². The predicted octanol–water partition coefficient (Wildman–Crippen LogP) is 4.29. The van der Waals surface area contributed by atoms with Gasteiger partial charge in [-0.25, -0.2) is 15.0 Å². The molecule has 206 valence electrons. The number of anilines is 1. The number of allylic oxidation sites excluding steroid dienone is 1. The molecule has 0 aliphatic carbocycles. The Labute approximate surface area is 234 Å². The molecule has 9 nitrogen and oxygen atoms in total. The quantitative estimate of drug-likeness (QED) is 0.253. The molecule has 2 aromatic heterocycles. The highest BCUT2D eigenvalue weighted by molar-refractivity contribution is 7.13. The minimum atomic E-state index is -0.0520. The first-order valence-electron chi connectivity index (χ1n) is 13.2. The number of nitrogens with zero attached hydrogens (tertiary/aromatic N) is 4. The predicted molar refractivity (Wildman–Crippen MR) is 158 cm³/mol. The molecule has 1 aliphatic heterocycles. The van der Waals surface area contributed by atoms with Crippen molar-refractivity contribution < 1.29 is 9.53 Å². The summed E-state index contributed by atoms with van der Waals surface area (Å²) in [4.78, 5) is 31.4. The second-order valence-corrected chi connectivity index (χ2v) is 11.6. The second-order valence-electron chi connectivity index (χ2n) is 10.5. The largest absolute Gasteiger partial charge is 0.403 e. The molecule has 0 spiro atoms. The maximum absolute atomic E-state index is 12.8. The Kier molecular flexibility index (Phi) is 9.55. The number of morpholine rings is 1. The highest BCUT2D eigenvalue weighted by Gasteiger charge is 2.20. The fourth-order valence-corrected chi connectivity index (χ4v) is 5.03. The fraction of sp³-hybridized carbons (Fsp3) is 0.414. The van der Waals surface area contributed by atoms with Crippen LogP contribution in [-0.2, 0) is 16.6 Å². The van der Waals surface area contributed by atoms with Crippen LogP contribution in [0.1, 0.15) is 53.0 Å². The van der Waals surface area contributed by atoms with E-state index in [1.54, 1.807) is 18.6 Å². The van der Waals surface area contributed by atoms with Crippen LogP contribution < -0.4 is 16.4 Å². The number of benzene rings is 1. The summed E-state index contributed by atoms with van der Waals surface area (Å²) in [7, 11) is 0. The van der Waals surface area contributed by atoms with Crippen molar-refractivity contribution in [1.29, 1.82) is 0 Å². The van der Waals surface area contributed by atoms with Gasteiger partial charge in [-0.05, 0) is 36.6 Å². The van der Waals surface area contributed by atoms with Gasteiger partial charge in [-0.2, -0.15) is 0 Å². The number of rotatable bonds is 10. The molecule has 1 fully saturated rings.